The van der Waals surface area contributed by atoms with E-state index in [1.807, 2.05) is 37.3 Å². The Morgan fingerprint density at radius 2 is 1.82 bits per heavy atom. The summed E-state index contributed by atoms with van der Waals surface area (Å²) in [5, 5.41) is 0.249. The number of halogens is 2. The maximum absolute atomic E-state index is 12.6. The van der Waals surface area contributed by atoms with E-state index in [1.54, 1.807) is 16.7 Å². The summed E-state index contributed by atoms with van der Waals surface area (Å²) in [7, 11) is 0. The average molecular weight is 334 g/mol. The van der Waals surface area contributed by atoms with Crippen molar-refractivity contribution in [3.8, 4) is 0 Å². The highest BCUT2D eigenvalue weighted by molar-refractivity contribution is 6.30. The Hall–Kier alpha value is -1.91. The number of hydrogen-bond donors (Lipinski definition) is 0. The molecule has 3 rings (SSSR count). The summed E-state index contributed by atoms with van der Waals surface area (Å²) in [5.41, 5.74) is 1.64. The topological polar surface area (TPSA) is 47.8 Å². The zero-order valence-electron chi connectivity index (χ0n) is 11.8. The summed E-state index contributed by atoms with van der Waals surface area (Å²) in [6, 6.07) is 12.9. The quantitative estimate of drug-likeness (QED) is 0.678. The fraction of sp³-hybridized carbons (Fsp3) is 0.188. The highest BCUT2D eigenvalue weighted by Crippen LogP contribution is 2.24. The van der Waals surface area contributed by atoms with Crippen molar-refractivity contribution in [3.05, 3.63) is 68.7 Å². The fourth-order valence-electron chi connectivity index (χ4n) is 2.56. The van der Waals surface area contributed by atoms with E-state index in [-0.39, 0.29) is 16.8 Å². The first-order chi connectivity index (χ1) is 10.6. The standard InChI is InChI=1S/C16H13Cl2N3O/c1-2-12(10-6-4-3-5-7-10)21-15-11(8-9-13(17)20-15)19-14(18)16(21)22/h3-9,12H,2H2,1H3/t12-/m0/s1. The maximum Gasteiger partial charge on any atom is 0.290 e. The predicted octanol–water partition coefficient (Wildman–Crippen LogP) is 4.10. The van der Waals surface area contributed by atoms with E-state index in [4.69, 9.17) is 23.2 Å². The van der Waals surface area contributed by atoms with Gasteiger partial charge in [0.2, 0.25) is 0 Å². The summed E-state index contributed by atoms with van der Waals surface area (Å²) in [4.78, 5) is 20.9. The molecule has 1 aromatic carbocycles. The lowest BCUT2D eigenvalue weighted by atomic mass is 10.0. The lowest BCUT2D eigenvalue weighted by Crippen LogP contribution is -2.27. The second-order valence-corrected chi connectivity index (χ2v) is 5.63. The Morgan fingerprint density at radius 3 is 2.50 bits per heavy atom. The van der Waals surface area contributed by atoms with Crippen LogP contribution in [-0.2, 0) is 0 Å². The van der Waals surface area contributed by atoms with Crippen molar-refractivity contribution in [3.63, 3.8) is 0 Å². The third-order valence-corrected chi connectivity index (χ3v) is 4.00. The number of pyridine rings is 1. The van der Waals surface area contributed by atoms with Gasteiger partial charge in [-0.1, -0.05) is 60.5 Å². The second kappa shape index (κ2) is 6.07. The van der Waals surface area contributed by atoms with Crippen molar-refractivity contribution >= 4 is 34.4 Å². The minimum Gasteiger partial charge on any atom is -0.281 e. The van der Waals surface area contributed by atoms with Crippen molar-refractivity contribution in [2.45, 2.75) is 19.4 Å². The largest absolute Gasteiger partial charge is 0.290 e. The van der Waals surface area contributed by atoms with E-state index in [9.17, 15) is 4.79 Å². The molecule has 0 bridgehead atoms. The first kappa shape index (κ1) is 15.0. The van der Waals surface area contributed by atoms with Gasteiger partial charge in [-0.05, 0) is 24.1 Å². The van der Waals surface area contributed by atoms with Crippen LogP contribution in [0.5, 0.6) is 0 Å². The van der Waals surface area contributed by atoms with Gasteiger partial charge in [0.25, 0.3) is 5.56 Å². The van der Waals surface area contributed by atoms with E-state index in [0.717, 1.165) is 5.56 Å². The highest BCUT2D eigenvalue weighted by atomic mass is 35.5. The molecule has 2 aromatic heterocycles. The molecule has 0 unspecified atom stereocenters. The molecule has 1 atom stereocenters. The van der Waals surface area contributed by atoms with Gasteiger partial charge in [-0.25, -0.2) is 9.97 Å². The zero-order valence-corrected chi connectivity index (χ0v) is 13.3. The second-order valence-electron chi connectivity index (χ2n) is 4.89. The van der Waals surface area contributed by atoms with Crippen LogP contribution in [0.3, 0.4) is 0 Å². The Bertz CT molecular complexity index is 878. The van der Waals surface area contributed by atoms with E-state index >= 15 is 0 Å². The Kier molecular flexibility index (Phi) is 4.14. The SMILES string of the molecule is CC[C@@H](c1ccccc1)n1c(=O)c(Cl)nc2ccc(Cl)nc21. The van der Waals surface area contributed by atoms with Crippen LogP contribution in [0.1, 0.15) is 24.9 Å². The molecule has 0 aliphatic heterocycles. The van der Waals surface area contributed by atoms with Gasteiger partial charge in [-0.3, -0.25) is 9.36 Å². The zero-order chi connectivity index (χ0) is 15.7. The third kappa shape index (κ3) is 2.60. The molecule has 0 aliphatic carbocycles. The van der Waals surface area contributed by atoms with Crippen LogP contribution in [0.2, 0.25) is 10.3 Å². The first-order valence-corrected chi connectivity index (χ1v) is 7.66. The van der Waals surface area contributed by atoms with Crippen LogP contribution in [0, 0.1) is 0 Å². The lowest BCUT2D eigenvalue weighted by Gasteiger charge is -2.20. The monoisotopic (exact) mass is 333 g/mol. The Balaban J connectivity index is 2.35. The number of aromatic nitrogens is 3. The normalized spacial score (nSPS) is 12.5. The van der Waals surface area contributed by atoms with Crippen LogP contribution in [0.4, 0.5) is 0 Å². The van der Waals surface area contributed by atoms with Gasteiger partial charge in [0.1, 0.15) is 10.7 Å². The number of nitrogens with zero attached hydrogens (tertiary/aromatic N) is 3. The van der Waals surface area contributed by atoms with E-state index in [2.05, 4.69) is 9.97 Å². The van der Waals surface area contributed by atoms with Crippen LogP contribution >= 0.6 is 23.2 Å². The van der Waals surface area contributed by atoms with E-state index < -0.39 is 0 Å². The minimum absolute atomic E-state index is 0.0639. The summed E-state index contributed by atoms with van der Waals surface area (Å²) >= 11 is 12.0. The smallest absolute Gasteiger partial charge is 0.281 e. The molecule has 3 aromatic rings. The molecule has 0 radical (unpaired) electrons. The molecule has 22 heavy (non-hydrogen) atoms. The van der Waals surface area contributed by atoms with Gasteiger partial charge in [-0.15, -0.1) is 0 Å². The summed E-state index contributed by atoms with van der Waals surface area (Å²) in [6.45, 7) is 2.01. The summed E-state index contributed by atoms with van der Waals surface area (Å²) in [6.07, 6.45) is 0.716. The average Bonchev–Trinajstić information content (AvgIpc) is 2.53. The van der Waals surface area contributed by atoms with E-state index in [0.29, 0.717) is 22.7 Å². The van der Waals surface area contributed by atoms with Crippen molar-refractivity contribution in [2.24, 2.45) is 0 Å². The van der Waals surface area contributed by atoms with Gasteiger partial charge in [0, 0.05) is 0 Å². The molecule has 0 N–H and O–H groups in total. The fourth-order valence-corrected chi connectivity index (χ4v) is 2.89. The molecule has 0 spiro atoms. The summed E-state index contributed by atoms with van der Waals surface area (Å²) < 4.78 is 1.58. The van der Waals surface area contributed by atoms with Crippen molar-refractivity contribution < 1.29 is 0 Å². The predicted molar refractivity (Wildman–Crippen MR) is 88.7 cm³/mol. The van der Waals surface area contributed by atoms with Gasteiger partial charge in [0.05, 0.1) is 6.04 Å². The van der Waals surface area contributed by atoms with Gasteiger partial charge in [-0.2, -0.15) is 0 Å². The molecule has 0 aliphatic rings. The van der Waals surface area contributed by atoms with Crippen LogP contribution in [0.15, 0.2) is 47.3 Å². The van der Waals surface area contributed by atoms with Gasteiger partial charge in [0.15, 0.2) is 10.8 Å². The molecule has 112 valence electrons. The Labute approximate surface area is 137 Å². The maximum atomic E-state index is 12.6. The Morgan fingerprint density at radius 1 is 1.09 bits per heavy atom. The highest BCUT2D eigenvalue weighted by Gasteiger charge is 2.19. The number of fused-ring (bicyclic) bond motifs is 1. The number of benzene rings is 1. The molecule has 6 heteroatoms. The molecule has 0 saturated heterocycles. The van der Waals surface area contributed by atoms with Crippen molar-refractivity contribution in [1.29, 1.82) is 0 Å². The summed E-state index contributed by atoms with van der Waals surface area (Å²) in [5.74, 6) is 0. The first-order valence-electron chi connectivity index (χ1n) is 6.91. The van der Waals surface area contributed by atoms with Crippen molar-refractivity contribution in [1.82, 2.24) is 14.5 Å². The third-order valence-electron chi connectivity index (χ3n) is 3.55. The van der Waals surface area contributed by atoms with Crippen LogP contribution < -0.4 is 5.56 Å². The van der Waals surface area contributed by atoms with Crippen molar-refractivity contribution in [2.75, 3.05) is 0 Å². The number of hydrogen-bond acceptors (Lipinski definition) is 3. The lowest BCUT2D eigenvalue weighted by molar-refractivity contribution is 0.561. The molecular weight excluding hydrogens is 321 g/mol. The minimum atomic E-state index is -0.361. The molecule has 0 fully saturated rings. The molecule has 4 nitrogen and oxygen atoms in total. The van der Waals surface area contributed by atoms with Gasteiger partial charge >= 0.3 is 0 Å². The van der Waals surface area contributed by atoms with Crippen LogP contribution in [-0.4, -0.2) is 14.5 Å². The van der Waals surface area contributed by atoms with Crippen LogP contribution in [0.25, 0.3) is 11.2 Å². The molecule has 0 amide bonds. The van der Waals surface area contributed by atoms with E-state index in [1.165, 1.54) is 0 Å². The molecular formula is C16H13Cl2N3O. The molecule has 0 saturated carbocycles. The van der Waals surface area contributed by atoms with Gasteiger partial charge < -0.3 is 0 Å². The molecule has 2 heterocycles. The number of rotatable bonds is 3.